The molecule has 0 aromatic heterocycles. The van der Waals surface area contributed by atoms with Crippen LogP contribution < -0.4 is 5.32 Å². The summed E-state index contributed by atoms with van der Waals surface area (Å²) in [4.78, 5) is 13.0. The molecule has 1 aliphatic carbocycles. The molecule has 2 aliphatic rings. The second-order valence-electron chi connectivity index (χ2n) is 8.62. The van der Waals surface area contributed by atoms with Gasteiger partial charge in [-0.25, -0.2) is 12.7 Å². The summed E-state index contributed by atoms with van der Waals surface area (Å²) < 4.78 is 27.2. The van der Waals surface area contributed by atoms with Crippen LogP contribution in [0.1, 0.15) is 29.5 Å². The first-order chi connectivity index (χ1) is 15.4. The molecule has 1 saturated heterocycles. The number of anilines is 1. The third-order valence-corrected chi connectivity index (χ3v) is 8.85. The Morgan fingerprint density at radius 1 is 0.969 bits per heavy atom. The van der Waals surface area contributed by atoms with Crippen molar-refractivity contribution in [3.8, 4) is 0 Å². The molecule has 1 N–H and O–H groups in total. The fourth-order valence-corrected chi connectivity index (χ4v) is 6.77. The Kier molecular flexibility index (Phi) is 5.70. The molecule has 1 fully saturated rings. The highest BCUT2D eigenvalue weighted by molar-refractivity contribution is 7.88. The molecule has 1 aliphatic heterocycles. The van der Waals surface area contributed by atoms with Crippen molar-refractivity contribution in [3.63, 3.8) is 0 Å². The van der Waals surface area contributed by atoms with Crippen molar-refractivity contribution in [2.45, 2.75) is 31.4 Å². The predicted octanol–water partition coefficient (Wildman–Crippen LogP) is 4.77. The molecule has 0 radical (unpaired) electrons. The van der Waals surface area contributed by atoms with Gasteiger partial charge in [-0.15, -0.1) is 0 Å². The number of nitrogens with zero attached hydrogens (tertiary/aromatic N) is 1. The van der Waals surface area contributed by atoms with Gasteiger partial charge in [0.05, 0.1) is 5.75 Å². The zero-order valence-electron chi connectivity index (χ0n) is 17.7. The fraction of sp³-hybridized carbons (Fsp3) is 0.320. The number of hydrogen-bond acceptors (Lipinski definition) is 3. The SMILES string of the molecule is O=C(Nc1ccc2c3c(cccc13)CC2)C1CCN(S(=O)(=O)Cc2ccccc2Cl)CC1. The number of hydrogen-bond donors (Lipinski definition) is 1. The van der Waals surface area contributed by atoms with Gasteiger partial charge in [0.25, 0.3) is 0 Å². The molecule has 0 atom stereocenters. The Labute approximate surface area is 193 Å². The molecule has 3 aromatic rings. The van der Waals surface area contributed by atoms with Crippen LogP contribution in [0, 0.1) is 5.92 Å². The highest BCUT2D eigenvalue weighted by atomic mass is 35.5. The van der Waals surface area contributed by atoms with Gasteiger partial charge in [-0.1, -0.05) is 54.1 Å². The van der Waals surface area contributed by atoms with Crippen LogP contribution in [0.3, 0.4) is 0 Å². The monoisotopic (exact) mass is 468 g/mol. The lowest BCUT2D eigenvalue weighted by atomic mass is 9.96. The van der Waals surface area contributed by atoms with E-state index in [4.69, 9.17) is 11.6 Å². The first-order valence-corrected chi connectivity index (χ1v) is 13.0. The summed E-state index contributed by atoms with van der Waals surface area (Å²) in [6, 6.07) is 17.4. The quantitative estimate of drug-likeness (QED) is 0.586. The maximum atomic E-state index is 13.0. The molecule has 5 rings (SSSR count). The van der Waals surface area contributed by atoms with Crippen molar-refractivity contribution >= 4 is 44.0 Å². The van der Waals surface area contributed by atoms with Crippen LogP contribution in [0.2, 0.25) is 5.02 Å². The molecule has 5 nitrogen and oxygen atoms in total. The number of halogens is 1. The Bertz CT molecular complexity index is 1290. The van der Waals surface area contributed by atoms with Crippen LogP contribution >= 0.6 is 11.6 Å². The largest absolute Gasteiger partial charge is 0.325 e. The number of carbonyl (C=O) groups is 1. The van der Waals surface area contributed by atoms with E-state index < -0.39 is 10.0 Å². The van der Waals surface area contributed by atoms with Crippen molar-refractivity contribution in [3.05, 3.63) is 76.3 Å². The van der Waals surface area contributed by atoms with E-state index in [1.165, 1.54) is 20.8 Å². The van der Waals surface area contributed by atoms with Crippen LogP contribution in [0.25, 0.3) is 10.8 Å². The second-order valence-corrected chi connectivity index (χ2v) is 11.0. The summed E-state index contributed by atoms with van der Waals surface area (Å²) in [5, 5.41) is 5.93. The maximum absolute atomic E-state index is 13.0. The molecule has 166 valence electrons. The third kappa shape index (κ3) is 4.03. The average molecular weight is 469 g/mol. The summed E-state index contributed by atoms with van der Waals surface area (Å²) in [6.45, 7) is 0.684. The first kappa shape index (κ1) is 21.4. The number of piperidine rings is 1. The van der Waals surface area contributed by atoms with Crippen molar-refractivity contribution in [2.24, 2.45) is 5.92 Å². The lowest BCUT2D eigenvalue weighted by Crippen LogP contribution is -2.41. The summed E-state index contributed by atoms with van der Waals surface area (Å²) >= 11 is 6.14. The van der Waals surface area contributed by atoms with Crippen molar-refractivity contribution < 1.29 is 13.2 Å². The molecule has 0 unspecified atom stereocenters. The van der Waals surface area contributed by atoms with Gasteiger partial charge in [-0.05, 0) is 59.9 Å². The standard InChI is InChI=1S/C25H25ClN2O3S/c26-22-7-2-1-4-20(22)16-32(30,31)28-14-12-19(13-15-28)25(29)27-23-11-10-18-9-8-17-5-3-6-21(23)24(17)18/h1-7,10-11,19H,8-9,12-16H2,(H,27,29). The Hall–Kier alpha value is -2.41. The third-order valence-electron chi connectivity index (χ3n) is 6.65. The van der Waals surface area contributed by atoms with E-state index in [1.54, 1.807) is 24.3 Å². The highest BCUT2D eigenvalue weighted by Gasteiger charge is 2.32. The molecular weight excluding hydrogens is 444 g/mol. The van der Waals surface area contributed by atoms with Gasteiger partial charge in [0, 0.05) is 35.1 Å². The molecule has 32 heavy (non-hydrogen) atoms. The molecule has 1 amide bonds. The number of nitrogens with one attached hydrogen (secondary N) is 1. The second kappa shape index (κ2) is 8.50. The first-order valence-electron chi connectivity index (χ1n) is 11.0. The van der Waals surface area contributed by atoms with E-state index in [1.807, 2.05) is 12.1 Å². The van der Waals surface area contributed by atoms with Gasteiger partial charge in [0.1, 0.15) is 0 Å². The molecular formula is C25H25ClN2O3S. The smallest absolute Gasteiger partial charge is 0.227 e. The van der Waals surface area contributed by atoms with Crippen molar-refractivity contribution in [2.75, 3.05) is 18.4 Å². The maximum Gasteiger partial charge on any atom is 0.227 e. The predicted molar refractivity (Wildman–Crippen MR) is 128 cm³/mol. The zero-order chi connectivity index (χ0) is 22.3. The van der Waals surface area contributed by atoms with Crippen LogP contribution in [0.5, 0.6) is 0 Å². The van der Waals surface area contributed by atoms with Crippen LogP contribution in [0.15, 0.2) is 54.6 Å². The van der Waals surface area contributed by atoms with Crippen LogP contribution in [0.4, 0.5) is 5.69 Å². The van der Waals surface area contributed by atoms with E-state index in [2.05, 4.69) is 23.5 Å². The number of rotatable bonds is 5. The Morgan fingerprint density at radius 2 is 1.69 bits per heavy atom. The lowest BCUT2D eigenvalue weighted by molar-refractivity contribution is -0.120. The lowest BCUT2D eigenvalue weighted by Gasteiger charge is -2.30. The van der Waals surface area contributed by atoms with Crippen molar-refractivity contribution in [1.29, 1.82) is 0 Å². The number of amides is 1. The van der Waals surface area contributed by atoms with E-state index in [0.717, 1.165) is 23.9 Å². The van der Waals surface area contributed by atoms with Crippen LogP contribution in [-0.4, -0.2) is 31.7 Å². The molecule has 3 aromatic carbocycles. The van der Waals surface area contributed by atoms with Gasteiger partial charge in [0.2, 0.25) is 15.9 Å². The van der Waals surface area contributed by atoms with Gasteiger partial charge in [-0.2, -0.15) is 0 Å². The van der Waals surface area contributed by atoms with E-state index in [9.17, 15) is 13.2 Å². The summed E-state index contributed by atoms with van der Waals surface area (Å²) in [7, 11) is -3.48. The normalized spacial score (nSPS) is 17.0. The number of benzene rings is 3. The number of sulfonamides is 1. The summed E-state index contributed by atoms with van der Waals surface area (Å²) in [5.74, 6) is -0.360. The van der Waals surface area contributed by atoms with Gasteiger partial charge >= 0.3 is 0 Å². The highest BCUT2D eigenvalue weighted by Crippen LogP contribution is 2.35. The Morgan fingerprint density at radius 3 is 2.44 bits per heavy atom. The number of aryl methyl sites for hydroxylation is 2. The van der Waals surface area contributed by atoms with Crippen molar-refractivity contribution in [1.82, 2.24) is 4.31 Å². The number of carbonyl (C=O) groups excluding carboxylic acids is 1. The molecule has 7 heteroatoms. The Balaban J connectivity index is 1.25. The molecule has 0 saturated carbocycles. The van der Waals surface area contributed by atoms with Gasteiger partial charge in [0.15, 0.2) is 0 Å². The molecule has 0 spiro atoms. The van der Waals surface area contributed by atoms with Gasteiger partial charge < -0.3 is 5.32 Å². The topological polar surface area (TPSA) is 66.5 Å². The minimum atomic E-state index is -3.48. The fourth-order valence-electron chi connectivity index (χ4n) is 4.89. The van der Waals surface area contributed by atoms with E-state index in [0.29, 0.717) is 36.5 Å². The summed E-state index contributed by atoms with van der Waals surface area (Å²) in [5.41, 5.74) is 4.11. The molecule has 0 bridgehead atoms. The zero-order valence-corrected chi connectivity index (χ0v) is 19.3. The molecule has 1 heterocycles. The van der Waals surface area contributed by atoms with Gasteiger partial charge in [-0.3, -0.25) is 4.79 Å². The van der Waals surface area contributed by atoms with E-state index >= 15 is 0 Å². The minimum Gasteiger partial charge on any atom is -0.325 e. The average Bonchev–Trinajstić information content (AvgIpc) is 3.22. The van der Waals surface area contributed by atoms with Crippen LogP contribution in [-0.2, 0) is 33.4 Å². The van der Waals surface area contributed by atoms with E-state index in [-0.39, 0.29) is 17.6 Å². The summed E-state index contributed by atoms with van der Waals surface area (Å²) in [6.07, 6.45) is 3.11. The minimum absolute atomic E-state index is 0.0353.